The van der Waals surface area contributed by atoms with Crippen LogP contribution in [0.25, 0.3) is 0 Å². The molecule has 1 amide bonds. The smallest absolute Gasteiger partial charge is 0.252 e. The Balaban J connectivity index is 1.49. The number of carbonyl (C=O) groups is 1. The lowest BCUT2D eigenvalue weighted by molar-refractivity contribution is 0.0273. The van der Waals surface area contributed by atoms with E-state index in [1.165, 1.54) is 31.4 Å². The third kappa shape index (κ3) is 6.27. The van der Waals surface area contributed by atoms with Crippen LogP contribution < -0.4 is 10.0 Å². The number of carbonyl (C=O) groups excluding carboxylic acids is 1. The molecule has 2 aliphatic carbocycles. The van der Waals surface area contributed by atoms with Crippen molar-refractivity contribution < 1.29 is 17.9 Å². The highest BCUT2D eigenvalue weighted by Crippen LogP contribution is 2.25. The maximum atomic E-state index is 12.4. The fourth-order valence-corrected chi connectivity index (χ4v) is 4.94. The summed E-state index contributed by atoms with van der Waals surface area (Å²) < 4.78 is 33.7. The standard InChI is InChI=1S/C19H27BrN2O4S/c20-18-10-9-16(27(24,25)22-14-7-8-14)13-17(18)19(23)21-11-4-12-26-15-5-2-1-3-6-15/h9-10,13-15,22H,1-8,11-12H2,(H,21,23). The molecule has 27 heavy (non-hydrogen) atoms. The van der Waals surface area contributed by atoms with Gasteiger partial charge in [-0.1, -0.05) is 19.3 Å². The molecule has 0 atom stereocenters. The lowest BCUT2D eigenvalue weighted by Gasteiger charge is -2.21. The van der Waals surface area contributed by atoms with Crippen LogP contribution >= 0.6 is 15.9 Å². The van der Waals surface area contributed by atoms with Crippen LogP contribution in [0.15, 0.2) is 27.6 Å². The van der Waals surface area contributed by atoms with Crippen LogP contribution in [0, 0.1) is 0 Å². The molecule has 1 aromatic carbocycles. The molecule has 8 heteroatoms. The molecule has 0 saturated heterocycles. The third-order valence-corrected chi connectivity index (χ3v) is 7.11. The maximum Gasteiger partial charge on any atom is 0.252 e. The van der Waals surface area contributed by atoms with Crippen molar-refractivity contribution in [3.05, 3.63) is 28.2 Å². The van der Waals surface area contributed by atoms with E-state index in [2.05, 4.69) is 26.0 Å². The van der Waals surface area contributed by atoms with Gasteiger partial charge in [-0.3, -0.25) is 4.79 Å². The van der Waals surface area contributed by atoms with E-state index in [-0.39, 0.29) is 16.8 Å². The summed E-state index contributed by atoms with van der Waals surface area (Å²) in [5.41, 5.74) is 0.321. The minimum atomic E-state index is -3.58. The molecular formula is C19H27BrN2O4S. The van der Waals surface area contributed by atoms with Crippen LogP contribution in [-0.4, -0.2) is 39.6 Å². The number of nitrogens with one attached hydrogen (secondary N) is 2. The molecule has 2 N–H and O–H groups in total. The van der Waals surface area contributed by atoms with E-state index in [0.29, 0.717) is 29.3 Å². The van der Waals surface area contributed by atoms with E-state index in [4.69, 9.17) is 4.74 Å². The number of hydrogen-bond acceptors (Lipinski definition) is 4. The second-order valence-corrected chi connectivity index (χ2v) is 9.85. The number of rotatable bonds is 9. The monoisotopic (exact) mass is 458 g/mol. The van der Waals surface area contributed by atoms with Gasteiger partial charge in [0.25, 0.3) is 5.91 Å². The SMILES string of the molecule is O=C(NCCCOC1CCCCC1)c1cc(S(=O)(=O)NC2CC2)ccc1Br. The highest BCUT2D eigenvalue weighted by Gasteiger charge is 2.28. The van der Waals surface area contributed by atoms with Gasteiger partial charge in [0.15, 0.2) is 0 Å². The zero-order valence-electron chi connectivity index (χ0n) is 15.4. The number of ether oxygens (including phenoxy) is 1. The summed E-state index contributed by atoms with van der Waals surface area (Å²) in [6.45, 7) is 1.13. The van der Waals surface area contributed by atoms with Gasteiger partial charge < -0.3 is 10.1 Å². The Morgan fingerprint density at radius 1 is 1.15 bits per heavy atom. The van der Waals surface area contributed by atoms with E-state index in [1.54, 1.807) is 6.07 Å². The van der Waals surface area contributed by atoms with Crippen LogP contribution in [0.5, 0.6) is 0 Å². The predicted molar refractivity (Wildman–Crippen MR) is 107 cm³/mol. The lowest BCUT2D eigenvalue weighted by atomic mass is 9.98. The number of amides is 1. The van der Waals surface area contributed by atoms with E-state index in [1.807, 2.05) is 0 Å². The molecular weight excluding hydrogens is 432 g/mol. The second-order valence-electron chi connectivity index (χ2n) is 7.28. The quantitative estimate of drug-likeness (QED) is 0.555. The fourth-order valence-electron chi connectivity index (χ4n) is 3.19. The van der Waals surface area contributed by atoms with Gasteiger partial charge in [0.1, 0.15) is 0 Å². The molecule has 3 rings (SSSR count). The number of halogens is 1. The Bertz CT molecular complexity index is 759. The molecule has 2 fully saturated rings. The van der Waals surface area contributed by atoms with Gasteiger partial charge in [-0.2, -0.15) is 0 Å². The van der Waals surface area contributed by atoms with E-state index >= 15 is 0 Å². The number of sulfonamides is 1. The first-order valence-corrected chi connectivity index (χ1v) is 11.9. The first-order valence-electron chi connectivity index (χ1n) is 9.67. The highest BCUT2D eigenvalue weighted by molar-refractivity contribution is 9.10. The van der Waals surface area contributed by atoms with Crippen LogP contribution in [-0.2, 0) is 14.8 Å². The summed E-state index contributed by atoms with van der Waals surface area (Å²) in [6, 6.07) is 4.55. The van der Waals surface area contributed by atoms with E-state index in [9.17, 15) is 13.2 Å². The zero-order chi connectivity index (χ0) is 19.3. The Labute approximate surface area is 169 Å². The Morgan fingerprint density at radius 2 is 1.89 bits per heavy atom. The Hall–Kier alpha value is -0.960. The molecule has 0 aliphatic heterocycles. The predicted octanol–water partition coefficient (Wildman–Crippen LogP) is 3.36. The molecule has 2 aliphatic rings. The van der Waals surface area contributed by atoms with Gasteiger partial charge in [-0.15, -0.1) is 0 Å². The van der Waals surface area contributed by atoms with Crippen molar-refractivity contribution in [2.45, 2.75) is 68.4 Å². The molecule has 150 valence electrons. The van der Waals surface area contributed by atoms with Crippen molar-refractivity contribution in [3.8, 4) is 0 Å². The second kappa shape index (κ2) is 9.49. The summed E-state index contributed by atoms with van der Waals surface area (Å²) in [4.78, 5) is 12.6. The van der Waals surface area contributed by atoms with Gasteiger partial charge in [0.2, 0.25) is 10.0 Å². The number of hydrogen-bond donors (Lipinski definition) is 2. The molecule has 0 heterocycles. The van der Waals surface area contributed by atoms with Gasteiger partial charge >= 0.3 is 0 Å². The first kappa shape index (κ1) is 20.8. The molecule has 0 unspecified atom stereocenters. The summed E-state index contributed by atoms with van der Waals surface area (Å²) in [5.74, 6) is -0.289. The summed E-state index contributed by atoms with van der Waals surface area (Å²) in [7, 11) is -3.58. The van der Waals surface area contributed by atoms with Gasteiger partial charge in [-0.25, -0.2) is 13.1 Å². The molecule has 2 saturated carbocycles. The fraction of sp³-hybridized carbons (Fsp3) is 0.632. The van der Waals surface area contributed by atoms with Gasteiger partial charge in [-0.05, 0) is 66.2 Å². The molecule has 0 spiro atoms. The summed E-state index contributed by atoms with van der Waals surface area (Å²) in [5, 5.41) is 2.85. The first-order chi connectivity index (χ1) is 13.0. The summed E-state index contributed by atoms with van der Waals surface area (Å²) in [6.07, 6.45) is 8.89. The lowest BCUT2D eigenvalue weighted by Crippen LogP contribution is -2.28. The Morgan fingerprint density at radius 3 is 2.59 bits per heavy atom. The van der Waals surface area contributed by atoms with Crippen molar-refractivity contribution in [2.75, 3.05) is 13.2 Å². The molecule has 6 nitrogen and oxygen atoms in total. The van der Waals surface area contributed by atoms with Crippen molar-refractivity contribution in [1.29, 1.82) is 0 Å². The van der Waals surface area contributed by atoms with Gasteiger partial charge in [0.05, 0.1) is 16.6 Å². The average molecular weight is 459 g/mol. The van der Waals surface area contributed by atoms with Crippen LogP contribution in [0.1, 0.15) is 61.7 Å². The normalized spacial score (nSPS) is 18.4. The highest BCUT2D eigenvalue weighted by atomic mass is 79.9. The topological polar surface area (TPSA) is 84.5 Å². The minimum absolute atomic E-state index is 0.0279. The van der Waals surface area contributed by atoms with E-state index in [0.717, 1.165) is 32.1 Å². The molecule has 1 aromatic rings. The van der Waals surface area contributed by atoms with Crippen molar-refractivity contribution in [1.82, 2.24) is 10.0 Å². The minimum Gasteiger partial charge on any atom is -0.378 e. The van der Waals surface area contributed by atoms with Gasteiger partial charge in [0, 0.05) is 23.7 Å². The van der Waals surface area contributed by atoms with Crippen LogP contribution in [0.4, 0.5) is 0 Å². The average Bonchev–Trinajstić information content (AvgIpc) is 3.45. The maximum absolute atomic E-state index is 12.4. The van der Waals surface area contributed by atoms with Crippen LogP contribution in [0.3, 0.4) is 0 Å². The zero-order valence-corrected chi connectivity index (χ0v) is 17.8. The molecule has 0 radical (unpaired) electrons. The molecule has 0 aromatic heterocycles. The Kier molecular flexibility index (Phi) is 7.30. The largest absolute Gasteiger partial charge is 0.378 e. The van der Waals surface area contributed by atoms with Crippen molar-refractivity contribution in [3.63, 3.8) is 0 Å². The number of benzene rings is 1. The molecule has 0 bridgehead atoms. The van der Waals surface area contributed by atoms with E-state index < -0.39 is 10.0 Å². The van der Waals surface area contributed by atoms with Crippen LogP contribution in [0.2, 0.25) is 0 Å². The van der Waals surface area contributed by atoms with Crippen molar-refractivity contribution >= 4 is 31.9 Å². The summed E-state index contributed by atoms with van der Waals surface area (Å²) >= 11 is 3.33. The third-order valence-electron chi connectivity index (χ3n) is 4.90. The van der Waals surface area contributed by atoms with Crippen molar-refractivity contribution in [2.24, 2.45) is 0 Å².